The first kappa shape index (κ1) is 23.7. The Morgan fingerprint density at radius 1 is 1.31 bits per heavy atom. The van der Waals surface area contributed by atoms with Crippen molar-refractivity contribution >= 4 is 62.2 Å². The summed E-state index contributed by atoms with van der Waals surface area (Å²) in [5, 5.41) is 0. The van der Waals surface area contributed by atoms with E-state index in [9.17, 15) is 9.59 Å². The number of rotatable bonds is 9. The number of halogens is 1. The normalized spacial score (nSPS) is 15.4. The highest BCUT2D eigenvalue weighted by Gasteiger charge is 2.32. The van der Waals surface area contributed by atoms with Crippen molar-refractivity contribution in [2.45, 2.75) is 40.2 Å². The molecule has 0 spiro atoms. The molecule has 158 valence electrons. The van der Waals surface area contributed by atoms with Gasteiger partial charge in [0.05, 0.1) is 35.1 Å². The summed E-state index contributed by atoms with van der Waals surface area (Å²) in [7, 11) is 0. The molecule has 0 atom stereocenters. The molecule has 1 aromatic carbocycles. The van der Waals surface area contributed by atoms with Gasteiger partial charge in [0, 0.05) is 6.54 Å². The van der Waals surface area contributed by atoms with Crippen molar-refractivity contribution in [1.82, 2.24) is 4.90 Å². The van der Waals surface area contributed by atoms with E-state index in [0.717, 1.165) is 10.0 Å². The predicted octanol–water partition coefficient (Wildman–Crippen LogP) is 4.79. The summed E-state index contributed by atoms with van der Waals surface area (Å²) in [6.07, 6.45) is 1.86. The lowest BCUT2D eigenvalue weighted by molar-refractivity contribution is -0.143. The Hall–Kier alpha value is -1.58. The fraction of sp³-hybridized carbons (Fsp3) is 0.450. The summed E-state index contributed by atoms with van der Waals surface area (Å²) in [6, 6.07) is 3.70. The molecule has 0 radical (unpaired) electrons. The molecule has 0 bridgehead atoms. The zero-order valence-electron chi connectivity index (χ0n) is 16.8. The molecule has 9 heteroatoms. The van der Waals surface area contributed by atoms with E-state index in [1.807, 2.05) is 32.9 Å². The summed E-state index contributed by atoms with van der Waals surface area (Å²) in [6.45, 7) is 8.52. The quantitative estimate of drug-likeness (QED) is 0.273. The van der Waals surface area contributed by atoms with Gasteiger partial charge in [-0.1, -0.05) is 24.0 Å². The van der Waals surface area contributed by atoms with Crippen molar-refractivity contribution in [2.24, 2.45) is 0 Å². The molecule has 1 amide bonds. The molecule has 0 unspecified atom stereocenters. The molecular weight excluding hydrogens is 478 g/mol. The molecular formula is C20H24BrNO5S2. The van der Waals surface area contributed by atoms with Crippen LogP contribution in [0.3, 0.4) is 0 Å². The highest BCUT2D eigenvalue weighted by atomic mass is 79.9. The van der Waals surface area contributed by atoms with Crippen molar-refractivity contribution in [1.29, 1.82) is 0 Å². The van der Waals surface area contributed by atoms with Gasteiger partial charge in [0.15, 0.2) is 11.5 Å². The van der Waals surface area contributed by atoms with E-state index >= 15 is 0 Å². The van der Waals surface area contributed by atoms with Gasteiger partial charge in [-0.2, -0.15) is 0 Å². The van der Waals surface area contributed by atoms with Crippen molar-refractivity contribution in [2.75, 3.05) is 19.8 Å². The molecule has 0 saturated carbocycles. The number of carbonyl (C=O) groups excluding carboxylic acids is 2. The lowest BCUT2D eigenvalue weighted by atomic mass is 10.1. The predicted molar refractivity (Wildman–Crippen MR) is 122 cm³/mol. The molecule has 0 aliphatic carbocycles. The molecule has 1 aliphatic rings. The average Bonchev–Trinajstić information content (AvgIpc) is 2.90. The molecule has 1 heterocycles. The number of carbonyl (C=O) groups is 2. The lowest BCUT2D eigenvalue weighted by Crippen LogP contribution is -2.30. The summed E-state index contributed by atoms with van der Waals surface area (Å²) in [5.41, 5.74) is 0.780. The molecule has 1 aliphatic heterocycles. The number of ether oxygens (including phenoxy) is 3. The third-order valence-electron chi connectivity index (χ3n) is 3.70. The van der Waals surface area contributed by atoms with Gasteiger partial charge in [0.2, 0.25) is 0 Å². The summed E-state index contributed by atoms with van der Waals surface area (Å²) in [5.74, 6) is 0.651. The maximum absolute atomic E-state index is 12.7. The van der Waals surface area contributed by atoms with Gasteiger partial charge in [0.25, 0.3) is 5.91 Å². The van der Waals surface area contributed by atoms with Crippen LogP contribution in [0.25, 0.3) is 6.08 Å². The third kappa shape index (κ3) is 6.45. The van der Waals surface area contributed by atoms with Crippen molar-refractivity contribution in [3.8, 4) is 11.5 Å². The van der Waals surface area contributed by atoms with Crippen LogP contribution in [0, 0.1) is 0 Å². The van der Waals surface area contributed by atoms with Crippen LogP contribution in [0.5, 0.6) is 11.5 Å². The zero-order valence-corrected chi connectivity index (χ0v) is 20.0. The first-order valence-corrected chi connectivity index (χ1v) is 11.3. The molecule has 1 fully saturated rings. The van der Waals surface area contributed by atoms with Crippen LogP contribution in [0.15, 0.2) is 21.5 Å². The van der Waals surface area contributed by atoms with Crippen LogP contribution < -0.4 is 9.47 Å². The number of nitrogens with zero attached hydrogens (tertiary/aromatic N) is 1. The number of thioether (sulfide) groups is 1. The summed E-state index contributed by atoms with van der Waals surface area (Å²) in [4.78, 5) is 26.2. The Morgan fingerprint density at radius 2 is 2.03 bits per heavy atom. The molecule has 29 heavy (non-hydrogen) atoms. The maximum atomic E-state index is 12.7. The highest BCUT2D eigenvalue weighted by Crippen LogP contribution is 2.39. The van der Waals surface area contributed by atoms with Gasteiger partial charge in [-0.15, -0.1) is 0 Å². The summed E-state index contributed by atoms with van der Waals surface area (Å²) < 4.78 is 17.6. The van der Waals surface area contributed by atoms with E-state index in [4.69, 9.17) is 26.4 Å². The van der Waals surface area contributed by atoms with E-state index in [1.54, 1.807) is 13.0 Å². The topological polar surface area (TPSA) is 65.1 Å². The van der Waals surface area contributed by atoms with Gasteiger partial charge in [-0.3, -0.25) is 14.5 Å². The Bertz CT molecular complexity index is 825. The van der Waals surface area contributed by atoms with Crippen LogP contribution in [-0.4, -0.2) is 47.0 Å². The van der Waals surface area contributed by atoms with Crippen LogP contribution in [-0.2, 0) is 14.3 Å². The summed E-state index contributed by atoms with van der Waals surface area (Å²) >= 11 is 10.0. The van der Waals surface area contributed by atoms with E-state index in [1.165, 1.54) is 16.7 Å². The number of thiocarbonyl (C=S) groups is 1. The fourth-order valence-electron chi connectivity index (χ4n) is 2.56. The molecule has 0 aromatic heterocycles. The molecule has 2 rings (SSSR count). The molecule has 1 saturated heterocycles. The highest BCUT2D eigenvalue weighted by molar-refractivity contribution is 9.10. The van der Waals surface area contributed by atoms with Gasteiger partial charge >= 0.3 is 5.97 Å². The van der Waals surface area contributed by atoms with Crippen LogP contribution in [0.4, 0.5) is 0 Å². The van der Waals surface area contributed by atoms with Gasteiger partial charge in [-0.05, 0) is 67.4 Å². The van der Waals surface area contributed by atoms with Crippen LogP contribution in [0.1, 0.15) is 39.7 Å². The number of hydrogen-bond donors (Lipinski definition) is 0. The number of hydrogen-bond acceptors (Lipinski definition) is 7. The lowest BCUT2D eigenvalue weighted by Gasteiger charge is -2.17. The largest absolute Gasteiger partial charge is 0.490 e. The number of benzene rings is 1. The van der Waals surface area contributed by atoms with E-state index in [2.05, 4.69) is 15.9 Å². The Labute approximate surface area is 189 Å². The second-order valence-electron chi connectivity index (χ2n) is 6.32. The van der Waals surface area contributed by atoms with E-state index in [-0.39, 0.29) is 30.9 Å². The first-order valence-electron chi connectivity index (χ1n) is 9.30. The SMILES string of the molecule is CCOC(=O)CCN1C(=O)/C(=C/c2cc(Br)c(OC(C)C)c(OCC)c2)SC1=S. The Morgan fingerprint density at radius 3 is 2.66 bits per heavy atom. The second-order valence-corrected chi connectivity index (χ2v) is 8.85. The molecule has 0 N–H and O–H groups in total. The first-order chi connectivity index (χ1) is 13.8. The van der Waals surface area contributed by atoms with Crippen molar-refractivity contribution < 1.29 is 23.8 Å². The second kappa shape index (κ2) is 11.0. The van der Waals surface area contributed by atoms with Gasteiger partial charge in [-0.25, -0.2) is 0 Å². The third-order valence-corrected chi connectivity index (χ3v) is 5.67. The standard InChI is InChI=1S/C20H24BrNO5S2/c1-5-25-15-10-13(9-14(21)18(15)27-12(3)4)11-16-19(24)22(20(28)29-16)8-7-17(23)26-6-2/h9-12H,5-8H2,1-4H3/b16-11-. The Balaban J connectivity index is 2.23. The van der Waals surface area contributed by atoms with Gasteiger partial charge in [0.1, 0.15) is 4.32 Å². The molecule has 1 aromatic rings. The van der Waals surface area contributed by atoms with Crippen LogP contribution in [0.2, 0.25) is 0 Å². The zero-order chi connectivity index (χ0) is 21.6. The Kier molecular flexibility index (Phi) is 8.98. The van der Waals surface area contributed by atoms with Crippen molar-refractivity contribution in [3.05, 3.63) is 27.1 Å². The monoisotopic (exact) mass is 501 g/mol. The smallest absolute Gasteiger partial charge is 0.307 e. The number of esters is 1. The minimum atomic E-state index is -0.350. The van der Waals surface area contributed by atoms with E-state index in [0.29, 0.717) is 33.9 Å². The van der Waals surface area contributed by atoms with Gasteiger partial charge < -0.3 is 14.2 Å². The average molecular weight is 502 g/mol. The van der Waals surface area contributed by atoms with Crippen LogP contribution >= 0.6 is 39.9 Å². The van der Waals surface area contributed by atoms with Crippen molar-refractivity contribution in [3.63, 3.8) is 0 Å². The minimum absolute atomic E-state index is 0.00740. The van der Waals surface area contributed by atoms with E-state index < -0.39 is 0 Å². The minimum Gasteiger partial charge on any atom is -0.490 e. The molecule has 6 nitrogen and oxygen atoms in total. The number of amides is 1. The maximum Gasteiger partial charge on any atom is 0.307 e. The fourth-order valence-corrected chi connectivity index (χ4v) is 4.43.